The molecule has 0 aliphatic rings. The number of hydrogen-bond acceptors (Lipinski definition) is 6. The summed E-state index contributed by atoms with van der Waals surface area (Å²) in [5.41, 5.74) is 6.06. The number of nitrogens with one attached hydrogen (secondary N) is 1. The van der Waals surface area contributed by atoms with Crippen molar-refractivity contribution in [1.82, 2.24) is 15.0 Å². The van der Waals surface area contributed by atoms with Gasteiger partial charge >= 0.3 is 0 Å². The summed E-state index contributed by atoms with van der Waals surface area (Å²) in [6.45, 7) is 6.44. The predicted octanol–water partition coefficient (Wildman–Crippen LogP) is 4.33. The summed E-state index contributed by atoms with van der Waals surface area (Å²) < 4.78 is 0. The third kappa shape index (κ3) is 3.10. The molecule has 2 aromatic heterocycles. The van der Waals surface area contributed by atoms with Gasteiger partial charge in [-0.15, -0.1) is 11.3 Å². The number of benzene rings is 1. The largest absolute Gasteiger partial charge is 0.360 e. The Labute approximate surface area is 146 Å². The van der Waals surface area contributed by atoms with Crippen LogP contribution >= 0.6 is 11.3 Å². The van der Waals surface area contributed by atoms with Gasteiger partial charge < -0.3 is 10.2 Å². The molecule has 0 fully saturated rings. The Kier molecular flexibility index (Phi) is 4.49. The van der Waals surface area contributed by atoms with Crippen LogP contribution in [0.25, 0.3) is 11.3 Å². The van der Waals surface area contributed by atoms with Gasteiger partial charge in [0, 0.05) is 37.4 Å². The zero-order valence-electron chi connectivity index (χ0n) is 14.6. The molecule has 1 N–H and O–H groups in total. The molecule has 0 amide bonds. The van der Waals surface area contributed by atoms with Gasteiger partial charge in [0.05, 0.1) is 5.69 Å². The van der Waals surface area contributed by atoms with Crippen molar-refractivity contribution in [3.63, 3.8) is 0 Å². The highest BCUT2D eigenvalue weighted by Crippen LogP contribution is 2.32. The Bertz CT molecular complexity index is 870. The summed E-state index contributed by atoms with van der Waals surface area (Å²) >= 11 is 1.57. The van der Waals surface area contributed by atoms with Crippen LogP contribution in [0.5, 0.6) is 0 Å². The van der Waals surface area contributed by atoms with Crippen molar-refractivity contribution in [2.45, 2.75) is 20.8 Å². The molecule has 0 bridgehead atoms. The van der Waals surface area contributed by atoms with Crippen molar-refractivity contribution in [3.8, 4) is 11.3 Å². The second kappa shape index (κ2) is 6.57. The van der Waals surface area contributed by atoms with Crippen LogP contribution in [-0.4, -0.2) is 29.0 Å². The van der Waals surface area contributed by atoms with Gasteiger partial charge in [-0.25, -0.2) is 15.0 Å². The first kappa shape index (κ1) is 16.4. The lowest BCUT2D eigenvalue weighted by Gasteiger charge is -2.14. The van der Waals surface area contributed by atoms with E-state index in [0.29, 0.717) is 5.82 Å². The van der Waals surface area contributed by atoms with Gasteiger partial charge in [0.1, 0.15) is 0 Å². The average Bonchev–Trinajstić information content (AvgIpc) is 3.01. The third-order valence-corrected chi connectivity index (χ3v) is 4.92. The van der Waals surface area contributed by atoms with E-state index < -0.39 is 0 Å². The molecule has 0 saturated carbocycles. The van der Waals surface area contributed by atoms with E-state index in [1.165, 1.54) is 22.3 Å². The van der Waals surface area contributed by atoms with E-state index in [1.54, 1.807) is 23.7 Å². The van der Waals surface area contributed by atoms with Crippen molar-refractivity contribution in [2.75, 3.05) is 24.3 Å². The van der Waals surface area contributed by atoms with Crippen molar-refractivity contribution in [1.29, 1.82) is 0 Å². The summed E-state index contributed by atoms with van der Waals surface area (Å²) in [7, 11) is 3.89. The number of nitrogens with zero attached hydrogens (tertiary/aromatic N) is 4. The van der Waals surface area contributed by atoms with Gasteiger partial charge in [0.2, 0.25) is 0 Å². The number of hydrogen-bond donors (Lipinski definition) is 1. The number of rotatable bonds is 4. The minimum Gasteiger partial charge on any atom is -0.360 e. The molecule has 0 saturated heterocycles. The standard InChI is InChI=1S/C18H21N5S/c1-11-6-7-14(13(3)12(11)2)15-10-24-18(21-15)22-16-17(23(4)5)20-9-8-19-16/h6-10H,1-5H3,(H,19,21,22). The maximum atomic E-state index is 4.73. The fraction of sp³-hybridized carbons (Fsp3) is 0.278. The topological polar surface area (TPSA) is 53.9 Å². The van der Waals surface area contributed by atoms with Gasteiger partial charge in [-0.05, 0) is 37.5 Å². The van der Waals surface area contributed by atoms with Gasteiger partial charge in [-0.1, -0.05) is 12.1 Å². The minimum atomic E-state index is 0.709. The molecule has 124 valence electrons. The van der Waals surface area contributed by atoms with Crippen molar-refractivity contribution in [3.05, 3.63) is 46.6 Å². The molecule has 5 nitrogen and oxygen atoms in total. The maximum Gasteiger partial charge on any atom is 0.188 e. The van der Waals surface area contributed by atoms with Crippen LogP contribution in [0.3, 0.4) is 0 Å². The Balaban J connectivity index is 1.91. The molecule has 0 radical (unpaired) electrons. The normalized spacial score (nSPS) is 10.7. The van der Waals surface area contributed by atoms with E-state index in [2.05, 4.69) is 53.6 Å². The molecule has 24 heavy (non-hydrogen) atoms. The Morgan fingerprint density at radius 2 is 1.75 bits per heavy atom. The highest BCUT2D eigenvalue weighted by Gasteiger charge is 2.12. The molecule has 0 spiro atoms. The molecule has 6 heteroatoms. The quantitative estimate of drug-likeness (QED) is 0.766. The fourth-order valence-corrected chi connectivity index (χ4v) is 3.25. The van der Waals surface area contributed by atoms with Crippen molar-refractivity contribution >= 4 is 28.1 Å². The summed E-state index contributed by atoms with van der Waals surface area (Å²) in [4.78, 5) is 15.4. The molecule has 0 unspecified atom stereocenters. The molecule has 3 rings (SSSR count). The third-order valence-electron chi connectivity index (χ3n) is 4.17. The Morgan fingerprint density at radius 1 is 1.00 bits per heavy atom. The lowest BCUT2D eigenvalue weighted by Crippen LogP contribution is -2.13. The Morgan fingerprint density at radius 3 is 2.50 bits per heavy atom. The van der Waals surface area contributed by atoms with Crippen LogP contribution in [0.4, 0.5) is 16.8 Å². The van der Waals surface area contributed by atoms with Gasteiger partial charge in [0.25, 0.3) is 0 Å². The number of aryl methyl sites for hydroxylation is 1. The van der Waals surface area contributed by atoms with Gasteiger partial charge in [0.15, 0.2) is 16.8 Å². The molecule has 0 atom stereocenters. The van der Waals surface area contributed by atoms with E-state index >= 15 is 0 Å². The first-order valence-electron chi connectivity index (χ1n) is 7.75. The molecular weight excluding hydrogens is 318 g/mol. The van der Waals surface area contributed by atoms with E-state index in [9.17, 15) is 0 Å². The predicted molar refractivity (Wildman–Crippen MR) is 101 cm³/mol. The SMILES string of the molecule is Cc1ccc(-c2csc(Nc3nccnc3N(C)C)n2)c(C)c1C. The molecule has 0 aliphatic heterocycles. The molecule has 2 heterocycles. The summed E-state index contributed by atoms with van der Waals surface area (Å²) in [5, 5.41) is 6.17. The maximum absolute atomic E-state index is 4.73. The lowest BCUT2D eigenvalue weighted by molar-refractivity contribution is 1.04. The lowest BCUT2D eigenvalue weighted by atomic mass is 9.97. The fourth-order valence-electron chi connectivity index (χ4n) is 2.54. The van der Waals surface area contributed by atoms with Crippen LogP contribution < -0.4 is 10.2 Å². The molecular formula is C18H21N5S. The second-order valence-electron chi connectivity index (χ2n) is 5.97. The van der Waals surface area contributed by atoms with Crippen LogP contribution in [0.2, 0.25) is 0 Å². The zero-order valence-corrected chi connectivity index (χ0v) is 15.4. The van der Waals surface area contributed by atoms with Gasteiger partial charge in [-0.2, -0.15) is 0 Å². The van der Waals surface area contributed by atoms with Crippen molar-refractivity contribution in [2.24, 2.45) is 0 Å². The van der Waals surface area contributed by atoms with Crippen LogP contribution in [-0.2, 0) is 0 Å². The molecule has 3 aromatic rings. The minimum absolute atomic E-state index is 0.709. The first-order valence-corrected chi connectivity index (χ1v) is 8.63. The van der Waals surface area contributed by atoms with Crippen LogP contribution in [0.15, 0.2) is 29.9 Å². The highest BCUT2D eigenvalue weighted by molar-refractivity contribution is 7.14. The number of aromatic nitrogens is 3. The molecule has 1 aromatic carbocycles. The summed E-state index contributed by atoms with van der Waals surface area (Å²) in [6, 6.07) is 4.29. The first-order chi connectivity index (χ1) is 11.5. The average molecular weight is 339 g/mol. The summed E-state index contributed by atoms with van der Waals surface area (Å²) in [6.07, 6.45) is 3.36. The van der Waals surface area contributed by atoms with E-state index in [4.69, 9.17) is 4.98 Å². The summed E-state index contributed by atoms with van der Waals surface area (Å²) in [5.74, 6) is 1.50. The van der Waals surface area contributed by atoms with Crippen molar-refractivity contribution < 1.29 is 0 Å². The van der Waals surface area contributed by atoms with E-state index in [0.717, 1.165) is 16.6 Å². The smallest absolute Gasteiger partial charge is 0.188 e. The number of anilines is 3. The van der Waals surface area contributed by atoms with Gasteiger partial charge in [-0.3, -0.25) is 0 Å². The zero-order chi connectivity index (χ0) is 17.3. The second-order valence-corrected chi connectivity index (χ2v) is 6.82. The van der Waals surface area contributed by atoms with Crippen LogP contribution in [0.1, 0.15) is 16.7 Å². The van der Waals surface area contributed by atoms with Crippen LogP contribution in [0, 0.1) is 20.8 Å². The monoisotopic (exact) mass is 339 g/mol. The molecule has 0 aliphatic carbocycles. The van der Waals surface area contributed by atoms with E-state index in [1.807, 2.05) is 19.0 Å². The Hall–Kier alpha value is -2.47. The number of thiazole rings is 1. The van der Waals surface area contributed by atoms with E-state index in [-0.39, 0.29) is 0 Å². The highest BCUT2D eigenvalue weighted by atomic mass is 32.1.